The van der Waals surface area contributed by atoms with Gasteiger partial charge in [0, 0.05) is 20.1 Å². The Morgan fingerprint density at radius 1 is 1.25 bits per heavy atom. The number of carbonyl (C=O) groups is 1. The van der Waals surface area contributed by atoms with E-state index >= 15 is 0 Å². The van der Waals surface area contributed by atoms with E-state index in [2.05, 4.69) is 0 Å². The zero-order valence-corrected chi connectivity index (χ0v) is 12.1. The summed E-state index contributed by atoms with van der Waals surface area (Å²) in [6, 6.07) is 6.28. The second-order valence-corrected chi connectivity index (χ2v) is 5.83. The Labute approximate surface area is 120 Å². The molecule has 20 heavy (non-hydrogen) atoms. The molecule has 0 atom stereocenters. The van der Waals surface area contributed by atoms with Crippen molar-refractivity contribution in [1.29, 1.82) is 0 Å². The molecule has 0 saturated heterocycles. The molecule has 2 rings (SSSR count). The van der Waals surface area contributed by atoms with Crippen LogP contribution in [0.2, 0.25) is 0 Å². The van der Waals surface area contributed by atoms with Crippen molar-refractivity contribution in [1.82, 2.24) is 4.90 Å². The van der Waals surface area contributed by atoms with E-state index in [1.807, 2.05) is 0 Å². The quantitative estimate of drug-likeness (QED) is 0.920. The molecule has 0 aliphatic heterocycles. The minimum absolute atomic E-state index is 0.129. The Morgan fingerprint density at radius 2 is 1.85 bits per heavy atom. The highest BCUT2D eigenvalue weighted by molar-refractivity contribution is 5.82. The number of nitrogens with two attached hydrogens (primary N) is 1. The summed E-state index contributed by atoms with van der Waals surface area (Å²) in [5, 5.41) is 0. The third kappa shape index (κ3) is 3.18. The molecule has 2 N–H and O–H groups in total. The van der Waals surface area contributed by atoms with Gasteiger partial charge in [0.05, 0.1) is 5.41 Å². The van der Waals surface area contributed by atoms with Crippen LogP contribution in [0.15, 0.2) is 24.3 Å². The lowest BCUT2D eigenvalue weighted by molar-refractivity contribution is -0.142. The number of amides is 1. The van der Waals surface area contributed by atoms with Crippen molar-refractivity contribution in [3.05, 3.63) is 35.6 Å². The summed E-state index contributed by atoms with van der Waals surface area (Å²) < 4.78 is 12.9. The van der Waals surface area contributed by atoms with E-state index in [1.54, 1.807) is 24.1 Å². The van der Waals surface area contributed by atoms with Gasteiger partial charge in [-0.1, -0.05) is 31.4 Å². The Morgan fingerprint density at radius 3 is 2.40 bits per heavy atom. The van der Waals surface area contributed by atoms with E-state index < -0.39 is 0 Å². The number of nitrogens with zero attached hydrogens (tertiary/aromatic N) is 1. The summed E-state index contributed by atoms with van der Waals surface area (Å²) >= 11 is 0. The Kier molecular flexibility index (Phi) is 4.76. The maximum absolute atomic E-state index is 12.9. The Bertz CT molecular complexity index is 452. The van der Waals surface area contributed by atoms with Crippen molar-refractivity contribution in [2.75, 3.05) is 13.6 Å². The molecule has 1 saturated carbocycles. The molecule has 1 amide bonds. The lowest BCUT2D eigenvalue weighted by atomic mass is 9.73. The molecule has 0 bridgehead atoms. The average Bonchev–Trinajstić information content (AvgIpc) is 2.49. The summed E-state index contributed by atoms with van der Waals surface area (Å²) in [5.41, 5.74) is 6.45. The summed E-state index contributed by atoms with van der Waals surface area (Å²) in [6.45, 7) is 0.917. The third-order valence-electron chi connectivity index (χ3n) is 4.33. The summed E-state index contributed by atoms with van der Waals surface area (Å²) in [7, 11) is 1.80. The molecule has 0 unspecified atom stereocenters. The molecule has 4 heteroatoms. The number of halogens is 1. The smallest absolute Gasteiger partial charge is 0.230 e. The molecular formula is C16H23FN2O. The van der Waals surface area contributed by atoms with E-state index in [0.717, 1.165) is 31.2 Å². The van der Waals surface area contributed by atoms with Crippen molar-refractivity contribution in [2.24, 2.45) is 11.1 Å². The molecule has 1 aromatic carbocycles. The SMILES string of the molecule is CN(Cc1ccc(F)cc1)C(=O)C1(CN)CCCCC1. The van der Waals surface area contributed by atoms with Crippen molar-refractivity contribution < 1.29 is 9.18 Å². The maximum Gasteiger partial charge on any atom is 0.230 e. The van der Waals surface area contributed by atoms with Gasteiger partial charge in [0.1, 0.15) is 5.82 Å². The molecule has 0 spiro atoms. The van der Waals surface area contributed by atoms with Gasteiger partial charge < -0.3 is 10.6 Å². The van der Waals surface area contributed by atoms with Gasteiger partial charge in [-0.15, -0.1) is 0 Å². The van der Waals surface area contributed by atoms with Gasteiger partial charge in [-0.3, -0.25) is 4.79 Å². The Balaban J connectivity index is 2.05. The van der Waals surface area contributed by atoms with Gasteiger partial charge in [0.25, 0.3) is 0 Å². The molecule has 1 aliphatic carbocycles. The van der Waals surface area contributed by atoms with E-state index in [0.29, 0.717) is 13.1 Å². The second kappa shape index (κ2) is 6.35. The Hall–Kier alpha value is -1.42. The summed E-state index contributed by atoms with van der Waals surface area (Å²) in [5.74, 6) is -0.127. The predicted octanol–water partition coefficient (Wildman–Crippen LogP) is 2.69. The molecule has 0 aromatic heterocycles. The average molecular weight is 278 g/mol. The van der Waals surface area contributed by atoms with Crippen LogP contribution in [-0.2, 0) is 11.3 Å². The van der Waals surface area contributed by atoms with Gasteiger partial charge >= 0.3 is 0 Å². The maximum atomic E-state index is 12.9. The van der Waals surface area contributed by atoms with E-state index in [4.69, 9.17) is 5.73 Å². The number of benzene rings is 1. The largest absolute Gasteiger partial charge is 0.341 e. The molecular weight excluding hydrogens is 255 g/mol. The van der Waals surface area contributed by atoms with Crippen molar-refractivity contribution in [3.8, 4) is 0 Å². The standard InChI is InChI=1S/C16H23FN2O/c1-19(11-13-5-7-14(17)8-6-13)15(20)16(12-18)9-3-2-4-10-16/h5-8H,2-4,9-12,18H2,1H3. The fourth-order valence-corrected chi connectivity index (χ4v) is 3.07. The lowest BCUT2D eigenvalue weighted by Crippen LogP contribution is -2.47. The van der Waals surface area contributed by atoms with Crippen molar-refractivity contribution >= 4 is 5.91 Å². The van der Waals surface area contributed by atoms with Crippen LogP contribution in [0.1, 0.15) is 37.7 Å². The highest BCUT2D eigenvalue weighted by Gasteiger charge is 2.39. The number of carbonyl (C=O) groups excluding carboxylic acids is 1. The molecule has 3 nitrogen and oxygen atoms in total. The van der Waals surface area contributed by atoms with Crippen LogP contribution in [0.25, 0.3) is 0 Å². The fraction of sp³-hybridized carbons (Fsp3) is 0.562. The van der Waals surface area contributed by atoms with E-state index in [9.17, 15) is 9.18 Å². The van der Waals surface area contributed by atoms with Crippen LogP contribution in [0.4, 0.5) is 4.39 Å². The predicted molar refractivity (Wildman–Crippen MR) is 77.4 cm³/mol. The molecule has 1 fully saturated rings. The van der Waals surface area contributed by atoms with Crippen molar-refractivity contribution in [2.45, 2.75) is 38.6 Å². The highest BCUT2D eigenvalue weighted by atomic mass is 19.1. The van der Waals surface area contributed by atoms with Gasteiger partial charge in [-0.25, -0.2) is 4.39 Å². The van der Waals surface area contributed by atoms with Crippen LogP contribution >= 0.6 is 0 Å². The van der Waals surface area contributed by atoms with Crippen LogP contribution in [-0.4, -0.2) is 24.4 Å². The number of hydrogen-bond donors (Lipinski definition) is 1. The summed E-state index contributed by atoms with van der Waals surface area (Å²) in [4.78, 5) is 14.4. The minimum atomic E-state index is -0.382. The van der Waals surface area contributed by atoms with Crippen molar-refractivity contribution in [3.63, 3.8) is 0 Å². The summed E-state index contributed by atoms with van der Waals surface area (Å²) in [6.07, 6.45) is 5.11. The van der Waals surface area contributed by atoms with Crippen LogP contribution < -0.4 is 5.73 Å². The van der Waals surface area contributed by atoms with Gasteiger partial charge in [0.2, 0.25) is 5.91 Å². The van der Waals surface area contributed by atoms with Gasteiger partial charge in [0.15, 0.2) is 0 Å². The van der Waals surface area contributed by atoms with E-state index in [1.165, 1.54) is 18.6 Å². The molecule has 110 valence electrons. The van der Waals surface area contributed by atoms with E-state index in [-0.39, 0.29) is 17.1 Å². The topological polar surface area (TPSA) is 46.3 Å². The van der Waals surface area contributed by atoms with Crippen LogP contribution in [0, 0.1) is 11.2 Å². The molecule has 1 aromatic rings. The van der Waals surface area contributed by atoms with Gasteiger partial charge in [-0.2, -0.15) is 0 Å². The first-order valence-corrected chi connectivity index (χ1v) is 7.27. The van der Waals surface area contributed by atoms with Crippen LogP contribution in [0.5, 0.6) is 0 Å². The molecule has 1 aliphatic rings. The monoisotopic (exact) mass is 278 g/mol. The number of hydrogen-bond acceptors (Lipinski definition) is 2. The fourth-order valence-electron chi connectivity index (χ4n) is 3.07. The lowest BCUT2D eigenvalue weighted by Gasteiger charge is -2.37. The first-order chi connectivity index (χ1) is 9.57. The molecule has 0 heterocycles. The second-order valence-electron chi connectivity index (χ2n) is 5.83. The zero-order valence-electron chi connectivity index (χ0n) is 12.1. The normalized spacial score (nSPS) is 17.8. The highest BCUT2D eigenvalue weighted by Crippen LogP contribution is 2.37. The minimum Gasteiger partial charge on any atom is -0.341 e. The molecule has 0 radical (unpaired) electrons. The first kappa shape index (κ1) is 15.0. The third-order valence-corrected chi connectivity index (χ3v) is 4.33. The van der Waals surface area contributed by atoms with Gasteiger partial charge in [-0.05, 0) is 30.5 Å². The van der Waals surface area contributed by atoms with Crippen LogP contribution in [0.3, 0.4) is 0 Å². The first-order valence-electron chi connectivity index (χ1n) is 7.27. The number of rotatable bonds is 4. The zero-order chi connectivity index (χ0) is 14.6.